The minimum atomic E-state index is -0.183. The van der Waals surface area contributed by atoms with E-state index in [0.29, 0.717) is 33.1 Å². The molecule has 0 fully saturated rings. The van der Waals surface area contributed by atoms with E-state index in [4.69, 9.17) is 16.3 Å². The van der Waals surface area contributed by atoms with Crippen molar-refractivity contribution in [2.75, 3.05) is 7.11 Å². The van der Waals surface area contributed by atoms with Gasteiger partial charge in [-0.1, -0.05) is 22.9 Å². The van der Waals surface area contributed by atoms with Crippen LogP contribution in [-0.4, -0.2) is 17.1 Å². The van der Waals surface area contributed by atoms with Crippen LogP contribution in [0.25, 0.3) is 22.3 Å². The number of halogens is 1. The summed E-state index contributed by atoms with van der Waals surface area (Å²) in [7, 11) is 1.51. The maximum atomic E-state index is 12.1. The molecular formula is C13H9ClN2O3S. The van der Waals surface area contributed by atoms with Gasteiger partial charge in [0.05, 0.1) is 24.0 Å². The fourth-order valence-corrected chi connectivity index (χ4v) is 2.85. The fourth-order valence-electron chi connectivity index (χ4n) is 1.98. The third-order valence-electron chi connectivity index (χ3n) is 2.94. The Hall–Kier alpha value is -2.05. The first kappa shape index (κ1) is 13.0. The monoisotopic (exact) mass is 308 g/mol. The lowest BCUT2D eigenvalue weighted by molar-refractivity contribution is 0.415. The molecule has 0 unspecified atom stereocenters. The van der Waals surface area contributed by atoms with Gasteiger partial charge in [-0.2, -0.15) is 0 Å². The molecule has 102 valence electrons. The number of H-pyrrole nitrogens is 2. The molecule has 0 spiro atoms. The van der Waals surface area contributed by atoms with Gasteiger partial charge in [-0.05, 0) is 12.1 Å². The molecule has 0 aliphatic heterocycles. The van der Waals surface area contributed by atoms with Gasteiger partial charge in [0.25, 0.3) is 0 Å². The third-order valence-corrected chi connectivity index (χ3v) is 3.98. The van der Waals surface area contributed by atoms with Crippen LogP contribution in [0.4, 0.5) is 0 Å². The van der Waals surface area contributed by atoms with Crippen LogP contribution in [-0.2, 0) is 0 Å². The molecule has 20 heavy (non-hydrogen) atoms. The van der Waals surface area contributed by atoms with Crippen LogP contribution in [0.1, 0.15) is 0 Å². The van der Waals surface area contributed by atoms with Gasteiger partial charge in [-0.25, -0.2) is 0 Å². The summed E-state index contributed by atoms with van der Waals surface area (Å²) in [4.78, 5) is 28.9. The van der Waals surface area contributed by atoms with E-state index in [-0.39, 0.29) is 10.3 Å². The van der Waals surface area contributed by atoms with Crippen molar-refractivity contribution >= 4 is 33.8 Å². The SMILES string of the molecule is COc1ccc2c(=O)cc(-c3csc(=O)[nH]3)[nH]c2c1Cl. The molecule has 1 aromatic carbocycles. The van der Waals surface area contributed by atoms with E-state index < -0.39 is 0 Å². The Balaban J connectivity index is 2.35. The number of hydrogen-bond acceptors (Lipinski definition) is 4. The quantitative estimate of drug-likeness (QED) is 0.764. The van der Waals surface area contributed by atoms with Gasteiger partial charge >= 0.3 is 4.87 Å². The molecule has 5 nitrogen and oxygen atoms in total. The summed E-state index contributed by atoms with van der Waals surface area (Å²) in [5.74, 6) is 0.478. The number of nitrogens with one attached hydrogen (secondary N) is 2. The molecule has 2 aromatic heterocycles. The Morgan fingerprint density at radius 3 is 2.65 bits per heavy atom. The minimum absolute atomic E-state index is 0.176. The zero-order chi connectivity index (χ0) is 14.3. The standard InChI is InChI=1S/C13H9ClN2O3S/c1-19-10-3-2-6-9(17)4-7(15-12(6)11(10)14)8-5-20-13(18)16-8/h2-5H,1H3,(H,15,17)(H,16,18). The van der Waals surface area contributed by atoms with Crippen molar-refractivity contribution in [3.05, 3.63) is 48.5 Å². The van der Waals surface area contributed by atoms with E-state index in [1.54, 1.807) is 17.5 Å². The average Bonchev–Trinajstić information content (AvgIpc) is 2.86. The maximum absolute atomic E-state index is 12.1. The Kier molecular flexibility index (Phi) is 3.11. The van der Waals surface area contributed by atoms with E-state index in [1.807, 2.05) is 0 Å². The summed E-state index contributed by atoms with van der Waals surface area (Å²) in [6, 6.07) is 4.73. The molecule has 0 amide bonds. The normalized spacial score (nSPS) is 10.9. The van der Waals surface area contributed by atoms with E-state index in [2.05, 4.69) is 9.97 Å². The van der Waals surface area contributed by atoms with E-state index in [1.165, 1.54) is 13.2 Å². The van der Waals surface area contributed by atoms with Gasteiger partial charge in [0.1, 0.15) is 10.8 Å². The third kappa shape index (κ3) is 2.03. The van der Waals surface area contributed by atoms with Crippen LogP contribution in [0.2, 0.25) is 5.02 Å². The number of fused-ring (bicyclic) bond motifs is 1. The first-order valence-electron chi connectivity index (χ1n) is 5.68. The number of rotatable bonds is 2. The second-order valence-electron chi connectivity index (χ2n) is 4.11. The molecule has 0 aliphatic rings. The number of pyridine rings is 1. The van der Waals surface area contributed by atoms with Gasteiger partial charge in [0.15, 0.2) is 5.43 Å². The van der Waals surface area contributed by atoms with Crippen LogP contribution in [0.5, 0.6) is 5.75 Å². The van der Waals surface area contributed by atoms with Gasteiger partial charge in [-0.15, -0.1) is 0 Å². The number of hydrogen-bond donors (Lipinski definition) is 2. The second kappa shape index (κ2) is 4.81. The zero-order valence-corrected chi connectivity index (χ0v) is 11.9. The predicted octanol–water partition coefficient (Wildman–Crippen LogP) is 2.61. The number of aromatic amines is 2. The molecule has 0 radical (unpaired) electrons. The summed E-state index contributed by atoms with van der Waals surface area (Å²) in [6.45, 7) is 0. The highest BCUT2D eigenvalue weighted by Crippen LogP contribution is 2.31. The summed E-state index contributed by atoms with van der Waals surface area (Å²) in [6.07, 6.45) is 0. The second-order valence-corrected chi connectivity index (χ2v) is 5.33. The largest absolute Gasteiger partial charge is 0.495 e. The van der Waals surface area contributed by atoms with Crippen LogP contribution < -0.4 is 15.0 Å². The molecule has 0 aliphatic carbocycles. The number of methoxy groups -OCH3 is 1. The molecule has 0 bridgehead atoms. The summed E-state index contributed by atoms with van der Waals surface area (Å²) < 4.78 is 5.13. The van der Waals surface area contributed by atoms with Crippen molar-refractivity contribution < 1.29 is 4.74 Å². The fraction of sp³-hybridized carbons (Fsp3) is 0.0769. The molecule has 0 saturated heterocycles. The molecule has 2 heterocycles. The van der Waals surface area contributed by atoms with Crippen LogP contribution in [0.15, 0.2) is 33.2 Å². The lowest BCUT2D eigenvalue weighted by atomic mass is 10.1. The molecule has 3 rings (SSSR count). The number of aromatic nitrogens is 2. The van der Waals surface area contributed by atoms with Crippen molar-refractivity contribution in [1.29, 1.82) is 0 Å². The summed E-state index contributed by atoms with van der Waals surface area (Å²) >= 11 is 7.25. The molecule has 0 atom stereocenters. The van der Waals surface area contributed by atoms with E-state index in [0.717, 1.165) is 11.3 Å². The Morgan fingerprint density at radius 1 is 1.20 bits per heavy atom. The maximum Gasteiger partial charge on any atom is 0.304 e. The highest BCUT2D eigenvalue weighted by atomic mass is 35.5. The van der Waals surface area contributed by atoms with Gasteiger partial charge in [0, 0.05) is 16.8 Å². The minimum Gasteiger partial charge on any atom is -0.495 e. The van der Waals surface area contributed by atoms with E-state index in [9.17, 15) is 9.59 Å². The van der Waals surface area contributed by atoms with Crippen molar-refractivity contribution in [3.8, 4) is 17.1 Å². The van der Waals surface area contributed by atoms with Gasteiger partial charge < -0.3 is 14.7 Å². The highest BCUT2D eigenvalue weighted by Gasteiger charge is 2.11. The number of benzene rings is 1. The van der Waals surface area contributed by atoms with Crippen molar-refractivity contribution in [1.82, 2.24) is 9.97 Å². The molecule has 0 saturated carbocycles. The first-order valence-corrected chi connectivity index (χ1v) is 6.93. The number of ether oxygens (including phenoxy) is 1. The molecule has 3 aromatic rings. The number of thiazole rings is 1. The summed E-state index contributed by atoms with van der Waals surface area (Å²) in [5, 5.41) is 2.45. The first-order chi connectivity index (χ1) is 9.60. The Labute approximate surface area is 121 Å². The lowest BCUT2D eigenvalue weighted by Gasteiger charge is -2.07. The average molecular weight is 309 g/mol. The van der Waals surface area contributed by atoms with Gasteiger partial charge in [0.2, 0.25) is 0 Å². The van der Waals surface area contributed by atoms with E-state index >= 15 is 0 Å². The van der Waals surface area contributed by atoms with Crippen molar-refractivity contribution in [2.45, 2.75) is 0 Å². The van der Waals surface area contributed by atoms with Gasteiger partial charge in [-0.3, -0.25) is 9.59 Å². The Bertz CT molecular complexity index is 910. The van der Waals surface area contributed by atoms with Crippen LogP contribution in [0, 0.1) is 0 Å². The van der Waals surface area contributed by atoms with Crippen LogP contribution in [0.3, 0.4) is 0 Å². The molecule has 2 N–H and O–H groups in total. The molecule has 7 heteroatoms. The predicted molar refractivity (Wildman–Crippen MR) is 80.1 cm³/mol. The lowest BCUT2D eigenvalue weighted by Crippen LogP contribution is -2.04. The Morgan fingerprint density at radius 2 is 2.00 bits per heavy atom. The smallest absolute Gasteiger partial charge is 0.304 e. The summed E-state index contributed by atoms with van der Waals surface area (Å²) in [5.41, 5.74) is 1.37. The van der Waals surface area contributed by atoms with Crippen molar-refractivity contribution in [2.24, 2.45) is 0 Å². The van der Waals surface area contributed by atoms with Crippen LogP contribution >= 0.6 is 22.9 Å². The zero-order valence-electron chi connectivity index (χ0n) is 10.3. The highest BCUT2D eigenvalue weighted by molar-refractivity contribution is 7.07. The van der Waals surface area contributed by atoms with Crippen molar-refractivity contribution in [3.63, 3.8) is 0 Å². The topological polar surface area (TPSA) is 75.0 Å². The molecular weight excluding hydrogens is 300 g/mol.